The Kier molecular flexibility index (Phi) is 10.8. The van der Waals surface area contributed by atoms with E-state index in [-0.39, 0.29) is 46.9 Å². The molecule has 0 unspecified atom stereocenters. The van der Waals surface area contributed by atoms with E-state index in [0.717, 1.165) is 0 Å². The molecule has 124 valence electrons. The molecule has 0 atom stereocenters. The summed E-state index contributed by atoms with van der Waals surface area (Å²) in [5, 5.41) is 8.99. The summed E-state index contributed by atoms with van der Waals surface area (Å²) in [4.78, 5) is 24.9. The molecule has 0 saturated heterocycles. The summed E-state index contributed by atoms with van der Waals surface area (Å²) in [6, 6.07) is 0.0816. The molecular formula is C18H23FeNO3+2. The van der Waals surface area contributed by atoms with Crippen molar-refractivity contribution in [2.45, 2.75) is 39.8 Å². The molecule has 0 aromatic rings. The van der Waals surface area contributed by atoms with Gasteiger partial charge in [-0.2, -0.15) is 0 Å². The van der Waals surface area contributed by atoms with Crippen molar-refractivity contribution < 1.29 is 31.8 Å². The second-order valence-electron chi connectivity index (χ2n) is 5.52. The van der Waals surface area contributed by atoms with Crippen LogP contribution in [0.4, 0.5) is 0 Å². The van der Waals surface area contributed by atoms with Crippen LogP contribution in [0.25, 0.3) is 0 Å². The topological polar surface area (TPSA) is 57.6 Å². The van der Waals surface area contributed by atoms with Gasteiger partial charge in [0.1, 0.15) is 5.92 Å². The maximum absolute atomic E-state index is 12.3. The molecule has 2 aliphatic rings. The Balaban J connectivity index is 0.000000684. The summed E-state index contributed by atoms with van der Waals surface area (Å²) in [7, 11) is 0. The van der Waals surface area contributed by atoms with Gasteiger partial charge in [-0.15, -0.1) is 0 Å². The Morgan fingerprint density at radius 3 is 1.57 bits per heavy atom. The Labute approximate surface area is 151 Å². The van der Waals surface area contributed by atoms with Gasteiger partial charge < -0.3 is 10.0 Å². The van der Waals surface area contributed by atoms with Crippen LogP contribution in [0.1, 0.15) is 27.7 Å². The quantitative estimate of drug-likeness (QED) is 0.787. The van der Waals surface area contributed by atoms with Gasteiger partial charge >= 0.3 is 23.0 Å². The van der Waals surface area contributed by atoms with Crippen molar-refractivity contribution in [2.75, 3.05) is 0 Å². The van der Waals surface area contributed by atoms with Gasteiger partial charge in [0.2, 0.25) is 5.91 Å². The summed E-state index contributed by atoms with van der Waals surface area (Å²) < 4.78 is 0. The molecule has 2 rings (SSSR count). The second kappa shape index (κ2) is 11.1. The summed E-state index contributed by atoms with van der Waals surface area (Å²) in [6.45, 7) is 7.67. The zero-order chi connectivity index (χ0) is 16.7. The van der Waals surface area contributed by atoms with Crippen LogP contribution in [-0.2, 0) is 26.7 Å². The van der Waals surface area contributed by atoms with Gasteiger partial charge in [0.05, 0.1) is 5.92 Å². The largest absolute Gasteiger partial charge is 2.00 e. The minimum Gasteiger partial charge on any atom is -0.481 e. The summed E-state index contributed by atoms with van der Waals surface area (Å²) in [6.07, 6.45) is 14.6. The predicted octanol–water partition coefficient (Wildman–Crippen LogP) is 2.51. The van der Waals surface area contributed by atoms with Gasteiger partial charge in [-0.3, -0.25) is 9.59 Å². The van der Waals surface area contributed by atoms with E-state index in [4.69, 9.17) is 5.11 Å². The number of rotatable bonds is 4. The Morgan fingerprint density at radius 1 is 0.826 bits per heavy atom. The molecule has 0 spiro atoms. The molecule has 4 nitrogen and oxygen atoms in total. The molecule has 0 bridgehead atoms. The van der Waals surface area contributed by atoms with Crippen LogP contribution in [-0.4, -0.2) is 34.0 Å². The second-order valence-corrected chi connectivity index (χ2v) is 5.52. The average molecular weight is 357 g/mol. The van der Waals surface area contributed by atoms with Crippen molar-refractivity contribution in [1.29, 1.82) is 0 Å². The van der Waals surface area contributed by atoms with Crippen molar-refractivity contribution >= 4 is 11.9 Å². The Morgan fingerprint density at radius 2 is 1.22 bits per heavy atom. The van der Waals surface area contributed by atoms with Crippen molar-refractivity contribution in [2.24, 2.45) is 0 Å². The molecular weight excluding hydrogens is 334 g/mol. The van der Waals surface area contributed by atoms with Crippen LogP contribution in [0.2, 0.25) is 0 Å². The van der Waals surface area contributed by atoms with Crippen LogP contribution >= 0.6 is 0 Å². The molecule has 23 heavy (non-hydrogen) atoms. The zero-order valence-corrected chi connectivity index (χ0v) is 14.9. The number of nitrogens with zero attached hydrogens (tertiary/aromatic N) is 1. The number of aliphatic carboxylic acids is 1. The van der Waals surface area contributed by atoms with E-state index < -0.39 is 5.97 Å². The normalized spacial score (nSPS) is 18.5. The number of carboxylic acid groups (broad SMARTS) is 1. The number of hydrogen-bond donors (Lipinski definition) is 1. The first-order valence-corrected chi connectivity index (χ1v) is 7.34. The van der Waals surface area contributed by atoms with Crippen LogP contribution in [0.15, 0.2) is 0 Å². The van der Waals surface area contributed by atoms with Crippen molar-refractivity contribution in [3.05, 3.63) is 63.2 Å². The average Bonchev–Trinajstić information content (AvgIpc) is 3.12. The molecule has 10 radical (unpaired) electrons. The predicted molar refractivity (Wildman–Crippen MR) is 85.6 cm³/mol. The first kappa shape index (κ1) is 22.5. The smallest absolute Gasteiger partial charge is 0.481 e. The fraction of sp³-hybridized carbons (Fsp3) is 0.333. The van der Waals surface area contributed by atoms with E-state index in [1.165, 1.54) is 6.42 Å². The molecule has 2 aliphatic carbocycles. The minimum atomic E-state index is -1.06. The fourth-order valence-corrected chi connectivity index (χ4v) is 2.32. The monoisotopic (exact) mass is 357 g/mol. The maximum atomic E-state index is 12.3. The Bertz CT molecular complexity index is 352. The van der Waals surface area contributed by atoms with Crippen molar-refractivity contribution in [3.8, 4) is 0 Å². The van der Waals surface area contributed by atoms with Crippen LogP contribution < -0.4 is 0 Å². The van der Waals surface area contributed by atoms with E-state index in [1.807, 2.05) is 59.8 Å². The van der Waals surface area contributed by atoms with Gasteiger partial charge in [-0.25, -0.2) is 0 Å². The van der Waals surface area contributed by atoms with E-state index in [0.29, 0.717) is 0 Å². The molecule has 0 aromatic carbocycles. The number of carbonyl (C=O) groups is 2. The Hall–Kier alpha value is -0.541. The standard InChI is InChI=1S/C13H18NO3.C5H5.Fe/c1-8(2)14(9(3)4)12(15)10-6-5-7-11(10)13(16)17;1-2-4-5-3-1;/h5-9H,1-4H3,(H,16,17);1-5H;/q;;+2. The van der Waals surface area contributed by atoms with E-state index in [1.54, 1.807) is 17.7 Å². The third-order valence-electron chi connectivity index (χ3n) is 3.18. The van der Waals surface area contributed by atoms with E-state index in [9.17, 15) is 9.59 Å². The molecule has 0 aliphatic heterocycles. The first-order chi connectivity index (χ1) is 10.4. The SMILES string of the molecule is CC(C)N(C(=O)[C]1[CH][CH][CH][C]1C(=O)O)C(C)C.[CH]1[CH][CH][CH][CH]1.[Fe+2]. The van der Waals surface area contributed by atoms with Crippen LogP contribution in [0.3, 0.4) is 0 Å². The van der Waals surface area contributed by atoms with Crippen molar-refractivity contribution in [3.63, 3.8) is 0 Å². The van der Waals surface area contributed by atoms with Gasteiger partial charge in [0.15, 0.2) is 0 Å². The summed E-state index contributed by atoms with van der Waals surface area (Å²) in [5.74, 6) is -0.954. The fourth-order valence-electron chi connectivity index (χ4n) is 2.32. The summed E-state index contributed by atoms with van der Waals surface area (Å²) in [5.41, 5.74) is 0. The number of hydrogen-bond acceptors (Lipinski definition) is 2. The van der Waals surface area contributed by atoms with Crippen LogP contribution in [0.5, 0.6) is 0 Å². The molecule has 2 saturated carbocycles. The van der Waals surface area contributed by atoms with Gasteiger partial charge in [0, 0.05) is 12.1 Å². The van der Waals surface area contributed by atoms with Gasteiger partial charge in [-0.1, -0.05) is 0 Å². The molecule has 0 aromatic heterocycles. The maximum Gasteiger partial charge on any atom is 2.00 e. The third kappa shape index (κ3) is 6.84. The van der Waals surface area contributed by atoms with Crippen LogP contribution in [0, 0.1) is 63.2 Å². The van der Waals surface area contributed by atoms with Crippen molar-refractivity contribution in [1.82, 2.24) is 4.90 Å². The zero-order valence-electron chi connectivity index (χ0n) is 13.8. The van der Waals surface area contributed by atoms with E-state index >= 15 is 0 Å². The van der Waals surface area contributed by atoms with Gasteiger partial charge in [0.25, 0.3) is 0 Å². The molecule has 0 heterocycles. The number of carbonyl (C=O) groups excluding carboxylic acids is 1. The summed E-state index contributed by atoms with van der Waals surface area (Å²) >= 11 is 0. The molecule has 1 amide bonds. The third-order valence-corrected chi connectivity index (χ3v) is 3.18. The number of amides is 1. The molecule has 2 fully saturated rings. The van der Waals surface area contributed by atoms with E-state index in [2.05, 4.69) is 0 Å². The first-order valence-electron chi connectivity index (χ1n) is 7.34. The molecule has 1 N–H and O–H groups in total. The molecule has 5 heteroatoms. The minimum absolute atomic E-state index is 0. The van der Waals surface area contributed by atoms with Gasteiger partial charge in [-0.05, 0) is 79.1 Å². The number of carboxylic acids is 1.